The molecular formula is C10H10ClN5O. The monoisotopic (exact) mass is 251 g/mol. The average molecular weight is 252 g/mol. The Balaban J connectivity index is 2.20. The van der Waals surface area contributed by atoms with E-state index < -0.39 is 0 Å². The minimum absolute atomic E-state index is 0.0886. The number of aromatic nitrogens is 4. The Morgan fingerprint density at radius 3 is 2.88 bits per heavy atom. The van der Waals surface area contributed by atoms with Gasteiger partial charge in [0.05, 0.1) is 11.3 Å². The fraction of sp³-hybridized carbons (Fsp3) is 0.200. The average Bonchev–Trinajstić information content (AvgIpc) is 2.58. The molecule has 2 aromatic rings. The molecule has 0 saturated heterocycles. The topological polar surface area (TPSA) is 72.7 Å². The third-order valence-corrected chi connectivity index (χ3v) is 2.31. The summed E-state index contributed by atoms with van der Waals surface area (Å²) >= 11 is 5.62. The van der Waals surface area contributed by atoms with Gasteiger partial charge in [-0.1, -0.05) is 0 Å². The van der Waals surface area contributed by atoms with Crippen LogP contribution in [0, 0.1) is 6.92 Å². The number of amides is 1. The molecule has 6 nitrogen and oxygen atoms in total. The third kappa shape index (κ3) is 2.59. The number of nitrogens with one attached hydrogen (secondary N) is 1. The molecule has 0 unspecified atom stereocenters. The van der Waals surface area contributed by atoms with Crippen molar-refractivity contribution >= 4 is 23.3 Å². The summed E-state index contributed by atoms with van der Waals surface area (Å²) in [6.07, 6.45) is 3.12. The molecule has 0 saturated carbocycles. The van der Waals surface area contributed by atoms with Crippen LogP contribution in [0.2, 0.25) is 5.28 Å². The van der Waals surface area contributed by atoms with E-state index in [1.54, 1.807) is 30.9 Å². The first-order valence-corrected chi connectivity index (χ1v) is 5.24. The first-order chi connectivity index (χ1) is 8.06. The van der Waals surface area contributed by atoms with Gasteiger partial charge in [0.15, 0.2) is 0 Å². The van der Waals surface area contributed by atoms with Crippen molar-refractivity contribution in [2.75, 3.05) is 5.32 Å². The molecule has 7 heteroatoms. The zero-order valence-corrected chi connectivity index (χ0v) is 10.1. The SMILES string of the molecule is Cc1nn(C)cc1C(=O)Nc1ccnc(Cl)n1. The molecule has 0 aromatic carbocycles. The van der Waals surface area contributed by atoms with Gasteiger partial charge in [0.1, 0.15) is 5.82 Å². The lowest BCUT2D eigenvalue weighted by molar-refractivity contribution is 0.102. The number of aryl methyl sites for hydroxylation is 2. The van der Waals surface area contributed by atoms with Gasteiger partial charge in [-0.2, -0.15) is 5.10 Å². The molecule has 17 heavy (non-hydrogen) atoms. The quantitative estimate of drug-likeness (QED) is 0.820. The number of anilines is 1. The molecule has 0 aliphatic carbocycles. The first kappa shape index (κ1) is 11.5. The van der Waals surface area contributed by atoms with Crippen molar-refractivity contribution in [1.82, 2.24) is 19.7 Å². The van der Waals surface area contributed by atoms with E-state index in [1.807, 2.05) is 0 Å². The van der Waals surface area contributed by atoms with Gasteiger partial charge in [-0.15, -0.1) is 0 Å². The second-order valence-corrected chi connectivity index (χ2v) is 3.80. The Kier molecular flexibility index (Phi) is 3.06. The molecule has 1 N–H and O–H groups in total. The van der Waals surface area contributed by atoms with E-state index in [-0.39, 0.29) is 11.2 Å². The maximum atomic E-state index is 11.9. The van der Waals surface area contributed by atoms with Crippen LogP contribution in [0.5, 0.6) is 0 Å². The predicted molar refractivity (Wildman–Crippen MR) is 62.9 cm³/mol. The van der Waals surface area contributed by atoms with Crippen molar-refractivity contribution in [2.24, 2.45) is 7.05 Å². The summed E-state index contributed by atoms with van der Waals surface area (Å²) in [4.78, 5) is 19.5. The van der Waals surface area contributed by atoms with Crippen LogP contribution in [0.25, 0.3) is 0 Å². The van der Waals surface area contributed by atoms with Crippen LogP contribution in [0.3, 0.4) is 0 Å². The molecule has 2 heterocycles. The molecule has 0 aliphatic rings. The van der Waals surface area contributed by atoms with Crippen LogP contribution < -0.4 is 5.32 Å². The molecule has 0 aliphatic heterocycles. The van der Waals surface area contributed by atoms with E-state index in [1.165, 1.54) is 6.20 Å². The zero-order valence-electron chi connectivity index (χ0n) is 9.31. The standard InChI is InChI=1S/C10H10ClN5O/c1-6-7(5-16(2)15-6)9(17)13-8-3-4-12-10(11)14-8/h3-5H,1-2H3,(H,12,13,14,17). The van der Waals surface area contributed by atoms with Crippen LogP contribution in [-0.4, -0.2) is 25.7 Å². The molecular weight excluding hydrogens is 242 g/mol. The fourth-order valence-corrected chi connectivity index (χ4v) is 1.56. The van der Waals surface area contributed by atoms with Gasteiger partial charge >= 0.3 is 0 Å². The number of hydrogen-bond acceptors (Lipinski definition) is 4. The molecule has 0 spiro atoms. The summed E-state index contributed by atoms with van der Waals surface area (Å²) in [6, 6.07) is 1.56. The largest absolute Gasteiger partial charge is 0.306 e. The van der Waals surface area contributed by atoms with E-state index in [4.69, 9.17) is 11.6 Å². The fourth-order valence-electron chi connectivity index (χ4n) is 1.41. The number of carbonyl (C=O) groups is 1. The molecule has 0 radical (unpaired) electrons. The van der Waals surface area contributed by atoms with E-state index >= 15 is 0 Å². The molecule has 1 amide bonds. The summed E-state index contributed by atoms with van der Waals surface area (Å²) in [5.74, 6) is 0.0867. The smallest absolute Gasteiger partial charge is 0.260 e. The van der Waals surface area contributed by atoms with Crippen molar-refractivity contribution in [1.29, 1.82) is 0 Å². The highest BCUT2D eigenvalue weighted by molar-refractivity contribution is 6.28. The lowest BCUT2D eigenvalue weighted by atomic mass is 10.2. The lowest BCUT2D eigenvalue weighted by Crippen LogP contribution is -2.13. The van der Waals surface area contributed by atoms with E-state index in [0.717, 1.165) is 0 Å². The molecule has 88 valence electrons. The van der Waals surface area contributed by atoms with Gasteiger partial charge in [0, 0.05) is 19.4 Å². The van der Waals surface area contributed by atoms with Gasteiger partial charge in [-0.3, -0.25) is 9.48 Å². The summed E-state index contributed by atoms with van der Waals surface area (Å²) in [5, 5.41) is 6.80. The van der Waals surface area contributed by atoms with Crippen molar-refractivity contribution in [3.63, 3.8) is 0 Å². The van der Waals surface area contributed by atoms with Crippen molar-refractivity contribution < 1.29 is 4.79 Å². The molecule has 2 rings (SSSR count). The van der Waals surface area contributed by atoms with Crippen molar-refractivity contribution in [3.05, 3.63) is 35.0 Å². The summed E-state index contributed by atoms with van der Waals surface area (Å²) in [6.45, 7) is 1.77. The predicted octanol–water partition coefficient (Wildman–Crippen LogP) is 1.42. The van der Waals surface area contributed by atoms with E-state index in [9.17, 15) is 4.79 Å². The minimum Gasteiger partial charge on any atom is -0.306 e. The van der Waals surface area contributed by atoms with Crippen LogP contribution in [0.15, 0.2) is 18.5 Å². The number of carbonyl (C=O) groups excluding carboxylic acids is 1. The highest BCUT2D eigenvalue weighted by atomic mass is 35.5. The highest BCUT2D eigenvalue weighted by Crippen LogP contribution is 2.10. The molecule has 2 aromatic heterocycles. The summed E-state index contributed by atoms with van der Waals surface area (Å²) in [5.41, 5.74) is 1.16. The zero-order chi connectivity index (χ0) is 12.4. The van der Waals surface area contributed by atoms with Crippen LogP contribution >= 0.6 is 11.6 Å². The Labute approximate surface area is 103 Å². The maximum Gasteiger partial charge on any atom is 0.260 e. The van der Waals surface area contributed by atoms with Gasteiger partial charge < -0.3 is 5.32 Å². The van der Waals surface area contributed by atoms with E-state index in [2.05, 4.69) is 20.4 Å². The third-order valence-electron chi connectivity index (χ3n) is 2.13. The highest BCUT2D eigenvalue weighted by Gasteiger charge is 2.13. The maximum absolute atomic E-state index is 11.9. The molecule has 0 bridgehead atoms. The number of halogens is 1. The summed E-state index contributed by atoms with van der Waals surface area (Å²) < 4.78 is 1.58. The normalized spacial score (nSPS) is 10.3. The lowest BCUT2D eigenvalue weighted by Gasteiger charge is -2.02. The van der Waals surface area contributed by atoms with Crippen LogP contribution in [0.4, 0.5) is 5.82 Å². The van der Waals surface area contributed by atoms with Crippen molar-refractivity contribution in [2.45, 2.75) is 6.92 Å². The molecule has 0 fully saturated rings. The number of hydrogen-bond donors (Lipinski definition) is 1. The van der Waals surface area contributed by atoms with Gasteiger partial charge in [0.25, 0.3) is 5.91 Å². The number of rotatable bonds is 2. The second kappa shape index (κ2) is 4.50. The Morgan fingerprint density at radius 1 is 1.53 bits per heavy atom. The van der Waals surface area contributed by atoms with Crippen LogP contribution in [-0.2, 0) is 7.05 Å². The van der Waals surface area contributed by atoms with Crippen LogP contribution in [0.1, 0.15) is 16.1 Å². The summed E-state index contributed by atoms with van der Waals surface area (Å²) in [7, 11) is 1.76. The Bertz CT molecular complexity index is 566. The minimum atomic E-state index is -0.273. The van der Waals surface area contributed by atoms with E-state index in [0.29, 0.717) is 17.1 Å². The van der Waals surface area contributed by atoms with Gasteiger partial charge in [-0.05, 0) is 24.6 Å². The Morgan fingerprint density at radius 2 is 2.29 bits per heavy atom. The Hall–Kier alpha value is -1.95. The van der Waals surface area contributed by atoms with Gasteiger partial charge in [0.2, 0.25) is 5.28 Å². The number of nitrogens with zero attached hydrogens (tertiary/aromatic N) is 4. The second-order valence-electron chi connectivity index (χ2n) is 3.47. The van der Waals surface area contributed by atoms with Crippen molar-refractivity contribution in [3.8, 4) is 0 Å². The van der Waals surface area contributed by atoms with Gasteiger partial charge in [-0.25, -0.2) is 9.97 Å². The molecule has 0 atom stereocenters. The first-order valence-electron chi connectivity index (χ1n) is 4.86.